The van der Waals surface area contributed by atoms with Crippen molar-refractivity contribution in [2.24, 2.45) is 0 Å². The van der Waals surface area contributed by atoms with Gasteiger partial charge < -0.3 is 10.6 Å². The Morgan fingerprint density at radius 3 is 2.95 bits per heavy atom. The Bertz CT molecular complexity index is 545. The van der Waals surface area contributed by atoms with E-state index in [1.165, 1.54) is 6.92 Å². The van der Waals surface area contributed by atoms with Gasteiger partial charge in [0, 0.05) is 29.2 Å². The second-order valence-electron chi connectivity index (χ2n) is 4.57. The molecule has 1 aromatic carbocycles. The van der Waals surface area contributed by atoms with E-state index in [0.717, 1.165) is 5.75 Å². The van der Waals surface area contributed by atoms with E-state index in [1.54, 1.807) is 36.0 Å². The number of rotatable bonds is 3. The summed E-state index contributed by atoms with van der Waals surface area (Å²) in [5.41, 5.74) is 1.10. The summed E-state index contributed by atoms with van der Waals surface area (Å²) in [6.45, 7) is 1.48. The van der Waals surface area contributed by atoms with Crippen molar-refractivity contribution in [1.29, 1.82) is 0 Å². The average Bonchev–Trinajstić information content (AvgIpc) is 2.63. The van der Waals surface area contributed by atoms with Crippen molar-refractivity contribution >= 4 is 35.0 Å². The fraction of sp³-hybridized carbons (Fsp3) is 0.357. The van der Waals surface area contributed by atoms with Crippen LogP contribution in [-0.4, -0.2) is 35.1 Å². The molecule has 1 saturated heterocycles. The van der Waals surface area contributed by atoms with Crippen molar-refractivity contribution < 1.29 is 14.4 Å². The van der Waals surface area contributed by atoms with Crippen LogP contribution < -0.4 is 10.6 Å². The third-order valence-electron chi connectivity index (χ3n) is 2.95. The average molecular weight is 292 g/mol. The van der Waals surface area contributed by atoms with Gasteiger partial charge in [0.25, 0.3) is 0 Å². The Kier molecular flexibility index (Phi) is 4.79. The van der Waals surface area contributed by atoms with Gasteiger partial charge in [-0.05, 0) is 19.1 Å². The summed E-state index contributed by atoms with van der Waals surface area (Å²) in [5.74, 6) is 0.875. The Morgan fingerprint density at radius 2 is 2.20 bits per heavy atom. The molecule has 1 unspecified atom stereocenters. The first-order valence-electron chi connectivity index (χ1n) is 6.35. The maximum Gasteiger partial charge on any atom is 0.247 e. The van der Waals surface area contributed by atoms with E-state index >= 15 is 0 Å². The summed E-state index contributed by atoms with van der Waals surface area (Å²) < 4.78 is 0. The first-order chi connectivity index (χ1) is 9.56. The van der Waals surface area contributed by atoms with E-state index < -0.39 is 6.04 Å². The number of ketones is 1. The number of hydrogen-bond donors (Lipinski definition) is 2. The van der Waals surface area contributed by atoms with Crippen LogP contribution in [0.5, 0.6) is 0 Å². The number of carbonyl (C=O) groups excluding carboxylic acids is 3. The molecular weight excluding hydrogens is 276 g/mol. The van der Waals surface area contributed by atoms with Gasteiger partial charge in [0.05, 0.1) is 0 Å². The standard InChI is InChI=1S/C14H16N2O3S/c1-9(17)10-3-2-4-11(7-10)15-14(19)12-8-20-6-5-13(18)16-12/h2-4,7,12H,5-6,8H2,1H3,(H,15,19)(H,16,18). The highest BCUT2D eigenvalue weighted by Gasteiger charge is 2.23. The molecule has 2 N–H and O–H groups in total. The number of benzene rings is 1. The van der Waals surface area contributed by atoms with Crippen molar-refractivity contribution in [3.05, 3.63) is 29.8 Å². The van der Waals surface area contributed by atoms with E-state index in [2.05, 4.69) is 10.6 Å². The lowest BCUT2D eigenvalue weighted by molar-refractivity contribution is -0.125. The molecule has 1 aliphatic rings. The van der Waals surface area contributed by atoms with Crippen molar-refractivity contribution in [3.63, 3.8) is 0 Å². The van der Waals surface area contributed by atoms with Crippen molar-refractivity contribution in [1.82, 2.24) is 5.32 Å². The summed E-state index contributed by atoms with van der Waals surface area (Å²) in [4.78, 5) is 34.9. The third kappa shape index (κ3) is 3.84. The molecule has 20 heavy (non-hydrogen) atoms. The van der Waals surface area contributed by atoms with Crippen LogP contribution in [0.15, 0.2) is 24.3 Å². The Morgan fingerprint density at radius 1 is 1.40 bits per heavy atom. The molecule has 0 aliphatic carbocycles. The molecule has 1 aromatic rings. The number of amides is 2. The zero-order valence-electron chi connectivity index (χ0n) is 11.1. The predicted molar refractivity (Wildman–Crippen MR) is 78.9 cm³/mol. The predicted octanol–water partition coefficient (Wildman–Crippen LogP) is 1.45. The fourth-order valence-corrected chi connectivity index (χ4v) is 2.83. The number of thioether (sulfide) groups is 1. The topological polar surface area (TPSA) is 75.3 Å². The molecule has 1 heterocycles. The molecule has 2 amide bonds. The van der Waals surface area contributed by atoms with Crippen LogP contribution in [0.4, 0.5) is 5.69 Å². The first-order valence-corrected chi connectivity index (χ1v) is 7.50. The van der Waals surface area contributed by atoms with Crippen LogP contribution in [0.1, 0.15) is 23.7 Å². The van der Waals surface area contributed by atoms with Gasteiger partial charge in [-0.15, -0.1) is 0 Å². The quantitative estimate of drug-likeness (QED) is 0.827. The minimum atomic E-state index is -0.531. The number of carbonyl (C=O) groups is 3. The minimum Gasteiger partial charge on any atom is -0.343 e. The third-order valence-corrected chi connectivity index (χ3v) is 4.01. The van der Waals surface area contributed by atoms with Crippen LogP contribution in [0, 0.1) is 0 Å². The lowest BCUT2D eigenvalue weighted by Gasteiger charge is -2.15. The SMILES string of the molecule is CC(=O)c1cccc(NC(=O)C2CSCCC(=O)N2)c1. The molecule has 5 nitrogen and oxygen atoms in total. The molecule has 0 bridgehead atoms. The summed E-state index contributed by atoms with van der Waals surface area (Å²) >= 11 is 1.58. The summed E-state index contributed by atoms with van der Waals surface area (Å²) in [5, 5.41) is 5.43. The molecule has 0 spiro atoms. The van der Waals surface area contributed by atoms with Gasteiger partial charge in [0.15, 0.2) is 5.78 Å². The highest BCUT2D eigenvalue weighted by Crippen LogP contribution is 2.14. The maximum absolute atomic E-state index is 12.1. The second-order valence-corrected chi connectivity index (χ2v) is 5.72. The van der Waals surface area contributed by atoms with E-state index in [9.17, 15) is 14.4 Å². The van der Waals surface area contributed by atoms with Gasteiger partial charge in [-0.25, -0.2) is 0 Å². The zero-order valence-corrected chi connectivity index (χ0v) is 12.0. The Hall–Kier alpha value is -1.82. The van der Waals surface area contributed by atoms with Crippen LogP contribution in [0.3, 0.4) is 0 Å². The summed E-state index contributed by atoms with van der Waals surface area (Å²) in [6.07, 6.45) is 0.439. The largest absolute Gasteiger partial charge is 0.343 e. The minimum absolute atomic E-state index is 0.0561. The first kappa shape index (κ1) is 14.6. The van der Waals surface area contributed by atoms with E-state index in [4.69, 9.17) is 0 Å². The van der Waals surface area contributed by atoms with E-state index in [0.29, 0.717) is 23.4 Å². The molecule has 1 fully saturated rings. The monoisotopic (exact) mass is 292 g/mol. The van der Waals surface area contributed by atoms with Gasteiger partial charge in [-0.1, -0.05) is 12.1 Å². The van der Waals surface area contributed by atoms with Crippen molar-refractivity contribution in [2.45, 2.75) is 19.4 Å². The highest BCUT2D eigenvalue weighted by molar-refractivity contribution is 7.99. The second kappa shape index (κ2) is 6.56. The Labute approximate surface area is 121 Å². The van der Waals surface area contributed by atoms with Gasteiger partial charge in [-0.3, -0.25) is 14.4 Å². The molecule has 1 aliphatic heterocycles. The molecule has 0 aromatic heterocycles. The van der Waals surface area contributed by atoms with Crippen molar-refractivity contribution in [3.8, 4) is 0 Å². The molecule has 2 rings (SSSR count). The number of anilines is 1. The smallest absolute Gasteiger partial charge is 0.247 e. The Balaban J connectivity index is 2.05. The highest BCUT2D eigenvalue weighted by atomic mass is 32.2. The lowest BCUT2D eigenvalue weighted by Crippen LogP contribution is -2.44. The van der Waals surface area contributed by atoms with E-state index in [-0.39, 0.29) is 17.6 Å². The summed E-state index contributed by atoms with van der Waals surface area (Å²) in [6, 6.07) is 6.23. The van der Waals surface area contributed by atoms with Gasteiger partial charge >= 0.3 is 0 Å². The molecule has 106 valence electrons. The molecular formula is C14H16N2O3S. The number of hydrogen-bond acceptors (Lipinski definition) is 4. The van der Waals surface area contributed by atoms with Gasteiger partial charge in [0.2, 0.25) is 11.8 Å². The maximum atomic E-state index is 12.1. The van der Waals surface area contributed by atoms with E-state index in [1.807, 2.05) is 0 Å². The molecule has 0 radical (unpaired) electrons. The van der Waals surface area contributed by atoms with Crippen LogP contribution >= 0.6 is 11.8 Å². The van der Waals surface area contributed by atoms with Crippen LogP contribution in [0.25, 0.3) is 0 Å². The van der Waals surface area contributed by atoms with Gasteiger partial charge in [0.1, 0.15) is 6.04 Å². The normalized spacial score (nSPS) is 18.9. The van der Waals surface area contributed by atoms with Crippen LogP contribution in [-0.2, 0) is 9.59 Å². The molecule has 0 saturated carbocycles. The fourth-order valence-electron chi connectivity index (χ4n) is 1.86. The zero-order chi connectivity index (χ0) is 14.5. The number of Topliss-reactive ketones (excluding diaryl/α,β-unsaturated/α-hetero) is 1. The van der Waals surface area contributed by atoms with Crippen molar-refractivity contribution in [2.75, 3.05) is 16.8 Å². The van der Waals surface area contributed by atoms with Gasteiger partial charge in [-0.2, -0.15) is 11.8 Å². The molecule has 6 heteroatoms. The lowest BCUT2D eigenvalue weighted by atomic mass is 10.1. The molecule has 1 atom stereocenters. The summed E-state index contributed by atoms with van der Waals surface area (Å²) in [7, 11) is 0. The van der Waals surface area contributed by atoms with Crippen LogP contribution in [0.2, 0.25) is 0 Å². The number of nitrogens with one attached hydrogen (secondary N) is 2.